The van der Waals surface area contributed by atoms with Crippen LogP contribution in [0.5, 0.6) is 0 Å². The minimum atomic E-state index is -0.430. The van der Waals surface area contributed by atoms with Crippen molar-refractivity contribution in [2.24, 2.45) is 11.7 Å². The second-order valence-corrected chi connectivity index (χ2v) is 4.87. The van der Waals surface area contributed by atoms with Gasteiger partial charge in [0.05, 0.1) is 6.04 Å². The highest BCUT2D eigenvalue weighted by molar-refractivity contribution is 6.30. The fraction of sp³-hybridized carbons (Fsp3) is 0.462. The normalized spacial score (nSPS) is 12.5. The van der Waals surface area contributed by atoms with Crippen LogP contribution in [-0.2, 0) is 11.2 Å². The third kappa shape index (κ3) is 4.75. The minimum absolute atomic E-state index is 0.0889. The molecule has 1 aromatic carbocycles. The summed E-state index contributed by atoms with van der Waals surface area (Å²) in [7, 11) is 0. The van der Waals surface area contributed by atoms with E-state index in [0.29, 0.717) is 6.54 Å². The summed E-state index contributed by atoms with van der Waals surface area (Å²) < 4.78 is 0. The Labute approximate surface area is 107 Å². The lowest BCUT2D eigenvalue weighted by atomic mass is 10.0. The highest BCUT2D eigenvalue weighted by Gasteiger charge is 2.16. The molecule has 1 atom stereocenters. The van der Waals surface area contributed by atoms with Gasteiger partial charge in [0, 0.05) is 11.6 Å². The second-order valence-electron chi connectivity index (χ2n) is 4.44. The van der Waals surface area contributed by atoms with E-state index in [0.717, 1.165) is 17.0 Å². The summed E-state index contributed by atoms with van der Waals surface area (Å²) in [6.45, 7) is 4.47. The lowest BCUT2D eigenvalue weighted by Crippen LogP contribution is -2.44. The van der Waals surface area contributed by atoms with Gasteiger partial charge >= 0.3 is 0 Å². The number of halogens is 1. The van der Waals surface area contributed by atoms with E-state index >= 15 is 0 Å². The maximum Gasteiger partial charge on any atom is 0.237 e. The lowest BCUT2D eigenvalue weighted by molar-refractivity contribution is -0.123. The second kappa shape index (κ2) is 6.62. The summed E-state index contributed by atoms with van der Waals surface area (Å²) >= 11 is 5.79. The Balaban J connectivity index is 2.33. The van der Waals surface area contributed by atoms with E-state index in [1.165, 1.54) is 0 Å². The average Bonchev–Trinajstić information content (AvgIpc) is 2.30. The van der Waals surface area contributed by atoms with Crippen molar-refractivity contribution in [1.29, 1.82) is 0 Å². The number of hydrogen-bond donors (Lipinski definition) is 2. The monoisotopic (exact) mass is 254 g/mol. The van der Waals surface area contributed by atoms with Crippen LogP contribution in [0.4, 0.5) is 0 Å². The first-order valence-electron chi connectivity index (χ1n) is 5.78. The Hall–Kier alpha value is -1.06. The Morgan fingerprint density at radius 1 is 1.35 bits per heavy atom. The molecule has 0 bridgehead atoms. The van der Waals surface area contributed by atoms with Gasteiger partial charge in [0.25, 0.3) is 0 Å². The number of hydrogen-bond acceptors (Lipinski definition) is 2. The predicted molar refractivity (Wildman–Crippen MR) is 71.0 cm³/mol. The molecular formula is C13H19ClN2O. The van der Waals surface area contributed by atoms with Gasteiger partial charge in [0.1, 0.15) is 0 Å². The van der Waals surface area contributed by atoms with Gasteiger partial charge in [-0.2, -0.15) is 0 Å². The Morgan fingerprint density at radius 3 is 2.47 bits per heavy atom. The number of benzene rings is 1. The quantitative estimate of drug-likeness (QED) is 0.844. The zero-order valence-corrected chi connectivity index (χ0v) is 11.0. The molecule has 3 nitrogen and oxygen atoms in total. The zero-order valence-electron chi connectivity index (χ0n) is 10.2. The van der Waals surface area contributed by atoms with Crippen LogP contribution in [0.1, 0.15) is 19.4 Å². The number of nitrogens with one attached hydrogen (secondary N) is 1. The first kappa shape index (κ1) is 14.0. The van der Waals surface area contributed by atoms with Crippen molar-refractivity contribution in [3.63, 3.8) is 0 Å². The van der Waals surface area contributed by atoms with E-state index in [2.05, 4.69) is 5.32 Å². The number of amides is 1. The Morgan fingerprint density at radius 2 is 1.94 bits per heavy atom. The van der Waals surface area contributed by atoms with Crippen molar-refractivity contribution >= 4 is 17.5 Å². The van der Waals surface area contributed by atoms with Crippen molar-refractivity contribution in [2.75, 3.05) is 6.54 Å². The average molecular weight is 255 g/mol. The van der Waals surface area contributed by atoms with Crippen LogP contribution in [0.3, 0.4) is 0 Å². The molecular weight excluding hydrogens is 236 g/mol. The van der Waals surface area contributed by atoms with Crippen LogP contribution in [0.2, 0.25) is 5.02 Å². The first-order chi connectivity index (χ1) is 8.00. The number of carbonyl (C=O) groups is 1. The molecule has 0 aromatic heterocycles. The standard InChI is InChI=1S/C13H19ClN2O/c1-9(2)12(15)13(17)16-8-7-10-3-5-11(14)6-4-10/h3-6,9,12H,7-8,15H2,1-2H3,(H,16,17)/t12-/m0/s1. The summed E-state index contributed by atoms with van der Waals surface area (Å²) in [5.74, 6) is 0.0690. The molecule has 0 heterocycles. The maximum atomic E-state index is 11.6. The Kier molecular flexibility index (Phi) is 5.45. The van der Waals surface area contributed by atoms with Crippen LogP contribution >= 0.6 is 11.6 Å². The molecule has 0 unspecified atom stereocenters. The number of carbonyl (C=O) groups excluding carboxylic acids is 1. The maximum absolute atomic E-state index is 11.6. The summed E-state index contributed by atoms with van der Waals surface area (Å²) in [6.07, 6.45) is 0.785. The summed E-state index contributed by atoms with van der Waals surface area (Å²) in [6, 6.07) is 7.17. The van der Waals surface area contributed by atoms with E-state index in [1.54, 1.807) is 0 Å². The summed E-state index contributed by atoms with van der Waals surface area (Å²) in [5, 5.41) is 3.55. The van der Waals surface area contributed by atoms with Gasteiger partial charge in [-0.3, -0.25) is 4.79 Å². The third-order valence-corrected chi connectivity index (χ3v) is 2.90. The summed E-state index contributed by atoms with van der Waals surface area (Å²) in [5.41, 5.74) is 6.88. The topological polar surface area (TPSA) is 55.1 Å². The van der Waals surface area contributed by atoms with E-state index in [9.17, 15) is 4.79 Å². The summed E-state index contributed by atoms with van der Waals surface area (Å²) in [4.78, 5) is 11.6. The molecule has 3 N–H and O–H groups in total. The molecule has 0 saturated heterocycles. The lowest BCUT2D eigenvalue weighted by Gasteiger charge is -2.15. The molecule has 17 heavy (non-hydrogen) atoms. The van der Waals surface area contributed by atoms with Crippen LogP contribution in [0.25, 0.3) is 0 Å². The highest BCUT2D eigenvalue weighted by atomic mass is 35.5. The molecule has 0 spiro atoms. The highest BCUT2D eigenvalue weighted by Crippen LogP contribution is 2.09. The van der Waals surface area contributed by atoms with Gasteiger partial charge in [-0.15, -0.1) is 0 Å². The van der Waals surface area contributed by atoms with Crippen molar-refractivity contribution in [2.45, 2.75) is 26.3 Å². The van der Waals surface area contributed by atoms with E-state index in [1.807, 2.05) is 38.1 Å². The van der Waals surface area contributed by atoms with Crippen LogP contribution in [0, 0.1) is 5.92 Å². The molecule has 1 amide bonds. The van der Waals surface area contributed by atoms with Gasteiger partial charge in [0.15, 0.2) is 0 Å². The number of rotatable bonds is 5. The van der Waals surface area contributed by atoms with Crippen LogP contribution in [-0.4, -0.2) is 18.5 Å². The predicted octanol–water partition coefficient (Wildman–Crippen LogP) is 1.98. The van der Waals surface area contributed by atoms with Crippen molar-refractivity contribution < 1.29 is 4.79 Å². The van der Waals surface area contributed by atoms with Crippen molar-refractivity contribution in [3.05, 3.63) is 34.9 Å². The fourth-order valence-electron chi connectivity index (χ4n) is 1.40. The SMILES string of the molecule is CC(C)[C@H](N)C(=O)NCCc1ccc(Cl)cc1. The molecule has 0 saturated carbocycles. The third-order valence-electron chi connectivity index (χ3n) is 2.65. The largest absolute Gasteiger partial charge is 0.354 e. The fourth-order valence-corrected chi connectivity index (χ4v) is 1.53. The van der Waals surface area contributed by atoms with Gasteiger partial charge < -0.3 is 11.1 Å². The van der Waals surface area contributed by atoms with Crippen LogP contribution < -0.4 is 11.1 Å². The van der Waals surface area contributed by atoms with Gasteiger partial charge in [0.2, 0.25) is 5.91 Å². The molecule has 4 heteroatoms. The first-order valence-corrected chi connectivity index (χ1v) is 6.16. The van der Waals surface area contributed by atoms with Crippen LogP contribution in [0.15, 0.2) is 24.3 Å². The molecule has 0 aliphatic rings. The van der Waals surface area contributed by atoms with Crippen molar-refractivity contribution in [1.82, 2.24) is 5.32 Å². The molecule has 0 aliphatic heterocycles. The van der Waals surface area contributed by atoms with Gasteiger partial charge in [-0.1, -0.05) is 37.6 Å². The molecule has 0 aliphatic carbocycles. The number of nitrogens with two attached hydrogens (primary N) is 1. The molecule has 1 aromatic rings. The zero-order chi connectivity index (χ0) is 12.8. The molecule has 94 valence electrons. The molecule has 0 radical (unpaired) electrons. The van der Waals surface area contributed by atoms with Gasteiger partial charge in [-0.25, -0.2) is 0 Å². The van der Waals surface area contributed by atoms with E-state index in [4.69, 9.17) is 17.3 Å². The minimum Gasteiger partial charge on any atom is -0.354 e. The van der Waals surface area contributed by atoms with Crippen molar-refractivity contribution in [3.8, 4) is 0 Å². The molecule has 1 rings (SSSR count). The van der Waals surface area contributed by atoms with E-state index < -0.39 is 6.04 Å². The Bertz CT molecular complexity index is 362. The van der Waals surface area contributed by atoms with E-state index in [-0.39, 0.29) is 11.8 Å². The molecule has 0 fully saturated rings. The van der Waals surface area contributed by atoms with Gasteiger partial charge in [-0.05, 0) is 30.0 Å². The smallest absolute Gasteiger partial charge is 0.237 e.